The maximum atomic E-state index is 12.4. The molecule has 20 heavy (non-hydrogen) atoms. The third-order valence-corrected chi connectivity index (χ3v) is 3.39. The van der Waals surface area contributed by atoms with E-state index in [0.717, 1.165) is 13.0 Å². The molecule has 1 aromatic heterocycles. The predicted molar refractivity (Wildman–Crippen MR) is 80.1 cm³/mol. The summed E-state index contributed by atoms with van der Waals surface area (Å²) in [4.78, 5) is 14.4. The van der Waals surface area contributed by atoms with Crippen molar-refractivity contribution in [3.05, 3.63) is 45.3 Å². The predicted octanol–water partition coefficient (Wildman–Crippen LogP) is 2.65. The number of aliphatic hydroxyl groups excluding tert-OH is 1. The molecule has 0 spiro atoms. The molecule has 0 atom stereocenters. The van der Waals surface area contributed by atoms with Crippen molar-refractivity contribution in [2.24, 2.45) is 0 Å². The summed E-state index contributed by atoms with van der Waals surface area (Å²) in [5.41, 5.74) is 1.06. The number of hydrogen-bond donors (Lipinski definition) is 1. The van der Waals surface area contributed by atoms with Crippen molar-refractivity contribution < 1.29 is 9.52 Å². The highest BCUT2D eigenvalue weighted by Gasteiger charge is 2.11. The molecule has 0 fully saturated rings. The molecule has 108 valence electrons. The number of aliphatic hydroxyl groups is 1. The van der Waals surface area contributed by atoms with Crippen LogP contribution >= 0.6 is 11.6 Å². The van der Waals surface area contributed by atoms with Crippen molar-refractivity contribution in [3.63, 3.8) is 0 Å². The van der Waals surface area contributed by atoms with E-state index in [4.69, 9.17) is 21.1 Å². The van der Waals surface area contributed by atoms with Crippen LogP contribution < -0.4 is 5.43 Å². The fraction of sp³-hybridized carbons (Fsp3) is 0.400. The molecule has 0 aliphatic rings. The number of nitrogens with zero attached hydrogens (tertiary/aromatic N) is 1. The summed E-state index contributed by atoms with van der Waals surface area (Å²) in [6, 6.07) is 5.02. The molecule has 1 N–H and O–H groups in total. The van der Waals surface area contributed by atoms with Crippen LogP contribution in [0.25, 0.3) is 11.0 Å². The number of halogens is 1. The van der Waals surface area contributed by atoms with Crippen molar-refractivity contribution in [3.8, 4) is 0 Å². The summed E-state index contributed by atoms with van der Waals surface area (Å²) >= 11 is 5.92. The van der Waals surface area contributed by atoms with Crippen molar-refractivity contribution in [1.29, 1.82) is 0 Å². The van der Waals surface area contributed by atoms with Gasteiger partial charge in [-0.1, -0.05) is 18.5 Å². The summed E-state index contributed by atoms with van der Waals surface area (Å²) in [6.45, 7) is 3.98. The Morgan fingerprint density at radius 3 is 2.85 bits per heavy atom. The molecular weight excluding hydrogens is 278 g/mol. The molecule has 0 unspecified atom stereocenters. The maximum Gasteiger partial charge on any atom is 0.197 e. The van der Waals surface area contributed by atoms with Gasteiger partial charge < -0.3 is 9.52 Å². The van der Waals surface area contributed by atoms with Gasteiger partial charge in [-0.25, -0.2) is 0 Å². The second kappa shape index (κ2) is 6.88. The Labute approximate surface area is 122 Å². The summed E-state index contributed by atoms with van der Waals surface area (Å²) < 4.78 is 5.49. The van der Waals surface area contributed by atoms with Gasteiger partial charge in [-0.05, 0) is 31.2 Å². The van der Waals surface area contributed by atoms with Gasteiger partial charge in [-0.2, -0.15) is 0 Å². The third-order valence-electron chi connectivity index (χ3n) is 3.16. The number of benzene rings is 1. The van der Waals surface area contributed by atoms with Crippen LogP contribution in [-0.4, -0.2) is 29.7 Å². The standard InChI is InChI=1S/C15H18ClNO3/c1-2-5-17(6-7-18)9-11-10-20-14-4-3-12(16)8-13(14)15(11)19/h3-4,8,10,18H,2,5-7,9H2,1H3. The number of fused-ring (bicyclic) bond motifs is 1. The largest absolute Gasteiger partial charge is 0.464 e. The Balaban J connectivity index is 2.34. The maximum absolute atomic E-state index is 12.4. The van der Waals surface area contributed by atoms with E-state index in [-0.39, 0.29) is 12.0 Å². The zero-order chi connectivity index (χ0) is 14.5. The van der Waals surface area contributed by atoms with Gasteiger partial charge in [-0.15, -0.1) is 0 Å². The van der Waals surface area contributed by atoms with E-state index in [2.05, 4.69) is 6.92 Å². The summed E-state index contributed by atoms with van der Waals surface area (Å²) in [6.07, 6.45) is 2.46. The molecule has 1 heterocycles. The van der Waals surface area contributed by atoms with E-state index >= 15 is 0 Å². The van der Waals surface area contributed by atoms with E-state index in [1.807, 2.05) is 4.90 Å². The average molecular weight is 296 g/mol. The van der Waals surface area contributed by atoms with Gasteiger partial charge in [0.1, 0.15) is 5.58 Å². The van der Waals surface area contributed by atoms with Crippen molar-refractivity contribution in [2.45, 2.75) is 19.9 Å². The zero-order valence-electron chi connectivity index (χ0n) is 11.4. The molecule has 0 aliphatic heterocycles. The van der Waals surface area contributed by atoms with E-state index in [1.165, 1.54) is 6.26 Å². The molecular formula is C15H18ClNO3. The molecule has 0 saturated carbocycles. The second-order valence-corrected chi connectivity index (χ2v) is 5.17. The van der Waals surface area contributed by atoms with Crippen LogP contribution in [0.5, 0.6) is 0 Å². The molecule has 0 bridgehead atoms. The smallest absolute Gasteiger partial charge is 0.197 e. The van der Waals surface area contributed by atoms with Crippen molar-refractivity contribution in [2.75, 3.05) is 19.7 Å². The molecule has 0 radical (unpaired) electrons. The first-order chi connectivity index (χ1) is 9.65. The van der Waals surface area contributed by atoms with Crippen LogP contribution in [0, 0.1) is 0 Å². The van der Waals surface area contributed by atoms with Gasteiger partial charge in [0.05, 0.1) is 18.3 Å². The van der Waals surface area contributed by atoms with Gasteiger partial charge in [0.25, 0.3) is 0 Å². The first-order valence-electron chi connectivity index (χ1n) is 6.69. The Bertz CT molecular complexity index is 633. The van der Waals surface area contributed by atoms with Crippen molar-refractivity contribution >= 4 is 22.6 Å². The fourth-order valence-corrected chi connectivity index (χ4v) is 2.39. The normalized spacial score (nSPS) is 11.4. The van der Waals surface area contributed by atoms with Gasteiger partial charge >= 0.3 is 0 Å². The molecule has 2 aromatic rings. The summed E-state index contributed by atoms with van der Waals surface area (Å²) in [5, 5.41) is 10.1. The van der Waals surface area contributed by atoms with Crippen LogP contribution in [0.3, 0.4) is 0 Å². The third kappa shape index (κ3) is 3.39. The second-order valence-electron chi connectivity index (χ2n) is 4.73. The van der Waals surface area contributed by atoms with Crippen LogP contribution in [0.2, 0.25) is 5.02 Å². The quantitative estimate of drug-likeness (QED) is 0.890. The lowest BCUT2D eigenvalue weighted by molar-refractivity contribution is 0.189. The SMILES string of the molecule is CCCN(CCO)Cc1coc2ccc(Cl)cc2c1=O. The highest BCUT2D eigenvalue weighted by molar-refractivity contribution is 6.31. The minimum absolute atomic E-state index is 0.0622. The van der Waals surface area contributed by atoms with Gasteiger partial charge in [0.15, 0.2) is 5.43 Å². The highest BCUT2D eigenvalue weighted by atomic mass is 35.5. The lowest BCUT2D eigenvalue weighted by Crippen LogP contribution is -2.29. The number of rotatable bonds is 6. The van der Waals surface area contributed by atoms with Gasteiger partial charge in [0.2, 0.25) is 0 Å². The minimum Gasteiger partial charge on any atom is -0.464 e. The monoisotopic (exact) mass is 295 g/mol. The first kappa shape index (κ1) is 15.0. The van der Waals surface area contributed by atoms with Crippen LogP contribution in [0.15, 0.2) is 33.7 Å². The van der Waals surface area contributed by atoms with Crippen LogP contribution in [0.1, 0.15) is 18.9 Å². The zero-order valence-corrected chi connectivity index (χ0v) is 12.2. The Kier molecular flexibility index (Phi) is 5.17. The van der Waals surface area contributed by atoms with E-state index in [1.54, 1.807) is 18.2 Å². The van der Waals surface area contributed by atoms with Gasteiger partial charge in [0, 0.05) is 23.7 Å². The van der Waals surface area contributed by atoms with Gasteiger partial charge in [-0.3, -0.25) is 9.69 Å². The lowest BCUT2D eigenvalue weighted by atomic mass is 10.1. The lowest BCUT2D eigenvalue weighted by Gasteiger charge is -2.19. The average Bonchev–Trinajstić information content (AvgIpc) is 2.43. The molecule has 0 aliphatic carbocycles. The van der Waals surface area contributed by atoms with Crippen molar-refractivity contribution in [1.82, 2.24) is 4.90 Å². The fourth-order valence-electron chi connectivity index (χ4n) is 2.22. The Morgan fingerprint density at radius 2 is 2.15 bits per heavy atom. The number of hydrogen-bond acceptors (Lipinski definition) is 4. The topological polar surface area (TPSA) is 53.7 Å². The van der Waals surface area contributed by atoms with E-state index < -0.39 is 0 Å². The van der Waals surface area contributed by atoms with E-state index in [9.17, 15) is 4.79 Å². The molecule has 0 saturated heterocycles. The molecule has 2 rings (SSSR count). The minimum atomic E-state index is -0.0622. The van der Waals surface area contributed by atoms with E-state index in [0.29, 0.717) is 34.6 Å². The summed E-state index contributed by atoms with van der Waals surface area (Å²) in [5.74, 6) is 0. The molecule has 4 nitrogen and oxygen atoms in total. The first-order valence-corrected chi connectivity index (χ1v) is 7.06. The highest BCUT2D eigenvalue weighted by Crippen LogP contribution is 2.17. The molecule has 5 heteroatoms. The van der Waals surface area contributed by atoms with Crippen LogP contribution in [-0.2, 0) is 6.54 Å². The summed E-state index contributed by atoms with van der Waals surface area (Å²) in [7, 11) is 0. The Morgan fingerprint density at radius 1 is 1.35 bits per heavy atom. The molecule has 0 amide bonds. The van der Waals surface area contributed by atoms with Crippen LogP contribution in [0.4, 0.5) is 0 Å². The molecule has 1 aromatic carbocycles. The Hall–Kier alpha value is -1.36.